The quantitative estimate of drug-likeness (QED) is 0.849. The van der Waals surface area contributed by atoms with Crippen molar-refractivity contribution in [2.45, 2.75) is 26.0 Å². The smallest absolute Gasteiger partial charge is 0.0840 e. The zero-order valence-corrected chi connectivity index (χ0v) is 14.8. The molecule has 1 aliphatic rings. The molecule has 0 fully saturated rings. The number of halogens is 1. The molecule has 2 nitrogen and oxygen atoms in total. The Hall–Kier alpha value is -2.03. The number of benzene rings is 2. The third kappa shape index (κ3) is 4.08. The van der Waals surface area contributed by atoms with Crippen LogP contribution in [0.3, 0.4) is 0 Å². The van der Waals surface area contributed by atoms with Gasteiger partial charge in [0.2, 0.25) is 0 Å². The third-order valence-electron chi connectivity index (χ3n) is 4.18. The van der Waals surface area contributed by atoms with Crippen molar-refractivity contribution in [2.75, 3.05) is 6.54 Å². The molecule has 3 rings (SSSR count). The Kier molecular flexibility index (Phi) is 4.79. The second-order valence-electron chi connectivity index (χ2n) is 6.68. The molecule has 1 aliphatic heterocycles. The highest BCUT2D eigenvalue weighted by Gasteiger charge is 2.16. The first-order chi connectivity index (χ1) is 11.4. The van der Waals surface area contributed by atoms with Gasteiger partial charge in [-0.05, 0) is 48.2 Å². The van der Waals surface area contributed by atoms with Gasteiger partial charge in [0.05, 0.1) is 5.60 Å². The van der Waals surface area contributed by atoms with E-state index < -0.39 is 5.60 Å². The van der Waals surface area contributed by atoms with Crippen molar-refractivity contribution in [1.82, 2.24) is 4.90 Å². The summed E-state index contributed by atoms with van der Waals surface area (Å²) in [6.07, 6.45) is 6.51. The highest BCUT2D eigenvalue weighted by molar-refractivity contribution is 6.30. The Morgan fingerprint density at radius 1 is 1.04 bits per heavy atom. The van der Waals surface area contributed by atoms with Crippen LogP contribution in [0, 0.1) is 0 Å². The molecule has 1 N–H and O–H groups in total. The van der Waals surface area contributed by atoms with Gasteiger partial charge in [-0.15, -0.1) is 0 Å². The minimum atomic E-state index is -0.810. The van der Waals surface area contributed by atoms with Gasteiger partial charge in [-0.1, -0.05) is 60.2 Å². The first-order valence-electron chi connectivity index (χ1n) is 8.12. The summed E-state index contributed by atoms with van der Waals surface area (Å²) in [7, 11) is 0. The van der Waals surface area contributed by atoms with Crippen molar-refractivity contribution in [2.24, 2.45) is 0 Å². The molecule has 0 aliphatic carbocycles. The zero-order valence-electron chi connectivity index (χ0n) is 14.0. The molecule has 3 heteroatoms. The number of allylic oxidation sites excluding steroid dienone is 2. The van der Waals surface area contributed by atoms with E-state index in [2.05, 4.69) is 47.5 Å². The molecular formula is C21H22ClNO. The SMILES string of the molecule is CC(C)(O)c1ccc(C2=CN(Cc3ccc(Cl)cc3)CC=C2)cc1. The highest BCUT2D eigenvalue weighted by atomic mass is 35.5. The molecule has 0 aromatic heterocycles. The second kappa shape index (κ2) is 6.84. The minimum Gasteiger partial charge on any atom is -0.386 e. The van der Waals surface area contributed by atoms with Crippen LogP contribution in [0.4, 0.5) is 0 Å². The monoisotopic (exact) mass is 339 g/mol. The molecule has 0 bridgehead atoms. The lowest BCUT2D eigenvalue weighted by Crippen LogP contribution is -2.19. The summed E-state index contributed by atoms with van der Waals surface area (Å²) < 4.78 is 0. The maximum Gasteiger partial charge on any atom is 0.0840 e. The zero-order chi connectivity index (χ0) is 17.2. The maximum atomic E-state index is 10.1. The molecule has 124 valence electrons. The van der Waals surface area contributed by atoms with E-state index in [9.17, 15) is 5.11 Å². The average Bonchev–Trinajstić information content (AvgIpc) is 2.57. The predicted octanol–water partition coefficient (Wildman–Crippen LogP) is 4.98. The van der Waals surface area contributed by atoms with E-state index in [4.69, 9.17) is 11.6 Å². The summed E-state index contributed by atoms with van der Waals surface area (Å²) in [4.78, 5) is 2.28. The lowest BCUT2D eigenvalue weighted by molar-refractivity contribution is 0.0786. The largest absolute Gasteiger partial charge is 0.386 e. The van der Waals surface area contributed by atoms with Crippen LogP contribution in [-0.2, 0) is 12.1 Å². The topological polar surface area (TPSA) is 23.5 Å². The van der Waals surface area contributed by atoms with Crippen LogP contribution < -0.4 is 0 Å². The molecule has 0 radical (unpaired) electrons. The van der Waals surface area contributed by atoms with Crippen LogP contribution in [0.25, 0.3) is 5.57 Å². The van der Waals surface area contributed by atoms with E-state index >= 15 is 0 Å². The summed E-state index contributed by atoms with van der Waals surface area (Å²) in [5.41, 5.74) is 3.68. The first kappa shape index (κ1) is 16.8. The van der Waals surface area contributed by atoms with Crippen molar-refractivity contribution in [1.29, 1.82) is 0 Å². The van der Waals surface area contributed by atoms with Gasteiger partial charge >= 0.3 is 0 Å². The van der Waals surface area contributed by atoms with Crippen LogP contribution in [0.5, 0.6) is 0 Å². The van der Waals surface area contributed by atoms with Crippen LogP contribution in [0.2, 0.25) is 5.02 Å². The maximum absolute atomic E-state index is 10.1. The lowest BCUT2D eigenvalue weighted by Gasteiger charge is -2.24. The van der Waals surface area contributed by atoms with Crippen molar-refractivity contribution in [3.8, 4) is 0 Å². The van der Waals surface area contributed by atoms with E-state index in [1.54, 1.807) is 13.8 Å². The molecule has 2 aromatic rings. The fraction of sp³-hybridized carbons (Fsp3) is 0.238. The molecule has 0 atom stereocenters. The first-order valence-corrected chi connectivity index (χ1v) is 8.50. The molecule has 0 saturated heterocycles. The fourth-order valence-corrected chi connectivity index (χ4v) is 2.91. The Morgan fingerprint density at radius 2 is 1.71 bits per heavy atom. The molecule has 0 saturated carbocycles. The van der Waals surface area contributed by atoms with Crippen LogP contribution in [-0.4, -0.2) is 16.6 Å². The molecule has 1 heterocycles. The Labute approximate surface area is 148 Å². The number of nitrogens with zero attached hydrogens (tertiary/aromatic N) is 1. The minimum absolute atomic E-state index is 0.764. The summed E-state index contributed by atoms with van der Waals surface area (Å²) >= 11 is 5.95. The Morgan fingerprint density at radius 3 is 2.33 bits per heavy atom. The molecule has 0 spiro atoms. The van der Waals surface area contributed by atoms with Gasteiger partial charge in [0.15, 0.2) is 0 Å². The fourth-order valence-electron chi connectivity index (χ4n) is 2.78. The predicted molar refractivity (Wildman–Crippen MR) is 101 cm³/mol. The Balaban J connectivity index is 1.76. The van der Waals surface area contributed by atoms with Crippen molar-refractivity contribution in [3.05, 3.63) is 88.6 Å². The number of hydrogen-bond acceptors (Lipinski definition) is 2. The van der Waals surface area contributed by atoms with E-state index in [0.29, 0.717) is 0 Å². The van der Waals surface area contributed by atoms with Crippen molar-refractivity contribution >= 4 is 17.2 Å². The van der Waals surface area contributed by atoms with Crippen LogP contribution in [0.1, 0.15) is 30.5 Å². The molecular weight excluding hydrogens is 318 g/mol. The van der Waals surface area contributed by atoms with E-state index in [-0.39, 0.29) is 0 Å². The summed E-state index contributed by atoms with van der Waals surface area (Å²) in [6.45, 7) is 5.35. The van der Waals surface area contributed by atoms with Crippen LogP contribution >= 0.6 is 11.6 Å². The molecule has 24 heavy (non-hydrogen) atoms. The van der Waals surface area contributed by atoms with Crippen molar-refractivity contribution < 1.29 is 5.11 Å². The average molecular weight is 340 g/mol. The second-order valence-corrected chi connectivity index (χ2v) is 7.12. The molecule has 0 amide bonds. The van der Waals surface area contributed by atoms with Gasteiger partial charge < -0.3 is 10.0 Å². The normalized spacial score (nSPS) is 14.7. The van der Waals surface area contributed by atoms with E-state index in [1.807, 2.05) is 24.3 Å². The molecule has 2 aromatic carbocycles. The van der Waals surface area contributed by atoms with Gasteiger partial charge in [0.1, 0.15) is 0 Å². The third-order valence-corrected chi connectivity index (χ3v) is 4.43. The van der Waals surface area contributed by atoms with Gasteiger partial charge in [0.25, 0.3) is 0 Å². The number of aliphatic hydroxyl groups is 1. The van der Waals surface area contributed by atoms with Gasteiger partial charge in [-0.25, -0.2) is 0 Å². The van der Waals surface area contributed by atoms with Crippen molar-refractivity contribution in [3.63, 3.8) is 0 Å². The number of hydrogen-bond donors (Lipinski definition) is 1. The summed E-state index contributed by atoms with van der Waals surface area (Å²) in [6, 6.07) is 16.1. The van der Waals surface area contributed by atoms with E-state index in [0.717, 1.165) is 29.2 Å². The Bertz CT molecular complexity index is 752. The molecule has 0 unspecified atom stereocenters. The summed E-state index contributed by atoms with van der Waals surface area (Å²) in [5, 5.41) is 10.8. The van der Waals surface area contributed by atoms with Gasteiger partial charge in [-0.2, -0.15) is 0 Å². The lowest BCUT2D eigenvalue weighted by atomic mass is 9.95. The standard InChI is InChI=1S/C21H22ClNO/c1-21(2,24)19-9-7-17(8-10-19)18-4-3-13-23(15-18)14-16-5-11-20(22)12-6-16/h3-12,15,24H,13-14H2,1-2H3. The van der Waals surface area contributed by atoms with Gasteiger partial charge in [0, 0.05) is 24.3 Å². The number of rotatable bonds is 4. The highest BCUT2D eigenvalue weighted by Crippen LogP contribution is 2.25. The van der Waals surface area contributed by atoms with Gasteiger partial charge in [-0.3, -0.25) is 0 Å². The van der Waals surface area contributed by atoms with E-state index in [1.165, 1.54) is 11.1 Å². The summed E-state index contributed by atoms with van der Waals surface area (Å²) in [5.74, 6) is 0. The van der Waals surface area contributed by atoms with Crippen LogP contribution in [0.15, 0.2) is 66.9 Å².